The summed E-state index contributed by atoms with van der Waals surface area (Å²) >= 11 is 1.27. The number of aromatic nitrogens is 4. The highest BCUT2D eigenvalue weighted by Gasteiger charge is 2.19. The predicted molar refractivity (Wildman–Crippen MR) is 104 cm³/mol. The van der Waals surface area contributed by atoms with Gasteiger partial charge in [-0.05, 0) is 67.6 Å². The quantitative estimate of drug-likeness (QED) is 0.520. The second-order valence-corrected chi connectivity index (χ2v) is 7.40. The summed E-state index contributed by atoms with van der Waals surface area (Å²) in [5.74, 6) is -0.186. The summed E-state index contributed by atoms with van der Waals surface area (Å²) in [6.07, 6.45) is 0. The Morgan fingerprint density at radius 2 is 1.74 bits per heavy atom. The molecule has 0 fully saturated rings. The fourth-order valence-corrected chi connectivity index (χ4v) is 3.15. The maximum Gasteiger partial charge on any atom is 0.237 e. The van der Waals surface area contributed by atoms with Crippen molar-refractivity contribution in [3.05, 3.63) is 59.7 Å². The summed E-state index contributed by atoms with van der Waals surface area (Å²) < 4.78 is 1.61. The molecule has 3 rings (SSSR count). The summed E-state index contributed by atoms with van der Waals surface area (Å²) in [5, 5.41) is 14.7. The van der Waals surface area contributed by atoms with Gasteiger partial charge in [0.1, 0.15) is 0 Å². The van der Waals surface area contributed by atoms with E-state index in [4.69, 9.17) is 0 Å². The number of hydrogen-bond donors (Lipinski definition) is 1. The second-order valence-electron chi connectivity index (χ2n) is 6.09. The summed E-state index contributed by atoms with van der Waals surface area (Å²) in [5.41, 5.74) is 3.22. The standard InChI is InChI=1S/C19H19N5O2S/c1-12-4-10-17(11-5-12)24-19(21-22-23-24)27-14(3)18(26)20-16-8-6-15(7-9-16)13(2)25/h4-11,14H,1-3H3,(H,20,26). The average molecular weight is 381 g/mol. The number of anilines is 1. The van der Waals surface area contributed by atoms with Crippen molar-refractivity contribution in [2.75, 3.05) is 5.32 Å². The number of Topliss-reactive ketones (excluding diaryl/α,β-unsaturated/α-hetero) is 1. The maximum absolute atomic E-state index is 12.5. The van der Waals surface area contributed by atoms with Crippen LogP contribution in [-0.4, -0.2) is 37.1 Å². The molecule has 0 aliphatic carbocycles. The lowest BCUT2D eigenvalue weighted by Gasteiger charge is -2.12. The smallest absolute Gasteiger partial charge is 0.237 e. The molecule has 2 aromatic carbocycles. The van der Waals surface area contributed by atoms with Gasteiger partial charge in [0.05, 0.1) is 10.9 Å². The number of benzene rings is 2. The van der Waals surface area contributed by atoms with Gasteiger partial charge in [-0.1, -0.05) is 29.5 Å². The van der Waals surface area contributed by atoms with Crippen molar-refractivity contribution in [3.8, 4) is 5.69 Å². The number of hydrogen-bond acceptors (Lipinski definition) is 6. The third-order valence-electron chi connectivity index (χ3n) is 3.93. The summed E-state index contributed by atoms with van der Waals surface area (Å²) in [6, 6.07) is 14.6. The van der Waals surface area contributed by atoms with Crippen molar-refractivity contribution >= 4 is 29.1 Å². The summed E-state index contributed by atoms with van der Waals surface area (Å²) in [6.45, 7) is 5.30. The number of nitrogens with one attached hydrogen (secondary N) is 1. The van der Waals surface area contributed by atoms with Crippen LogP contribution in [0, 0.1) is 6.92 Å². The number of thioether (sulfide) groups is 1. The van der Waals surface area contributed by atoms with E-state index >= 15 is 0 Å². The predicted octanol–water partition coefficient (Wildman–Crippen LogP) is 3.29. The van der Waals surface area contributed by atoms with Gasteiger partial charge in [0.2, 0.25) is 11.1 Å². The first-order valence-electron chi connectivity index (χ1n) is 8.38. The number of tetrazole rings is 1. The van der Waals surface area contributed by atoms with E-state index in [9.17, 15) is 9.59 Å². The zero-order valence-corrected chi connectivity index (χ0v) is 16.0. The Kier molecular flexibility index (Phi) is 5.66. The first kappa shape index (κ1) is 18.8. The Hall–Kier alpha value is -3.00. The molecule has 1 atom stereocenters. The molecule has 27 heavy (non-hydrogen) atoms. The number of rotatable bonds is 6. The molecule has 0 aliphatic heterocycles. The first-order valence-corrected chi connectivity index (χ1v) is 9.26. The van der Waals surface area contributed by atoms with Gasteiger partial charge in [-0.3, -0.25) is 9.59 Å². The van der Waals surface area contributed by atoms with E-state index in [1.165, 1.54) is 18.7 Å². The fraction of sp³-hybridized carbons (Fsp3) is 0.211. The molecule has 0 bridgehead atoms. The van der Waals surface area contributed by atoms with Crippen LogP contribution in [0.25, 0.3) is 5.69 Å². The fourth-order valence-electron chi connectivity index (χ4n) is 2.34. The number of aryl methyl sites for hydroxylation is 1. The third kappa shape index (κ3) is 4.59. The highest BCUT2D eigenvalue weighted by molar-refractivity contribution is 8.00. The lowest BCUT2D eigenvalue weighted by Crippen LogP contribution is -2.23. The van der Waals surface area contributed by atoms with Crippen LogP contribution >= 0.6 is 11.8 Å². The number of amides is 1. The monoisotopic (exact) mass is 381 g/mol. The Bertz CT molecular complexity index is 951. The molecular weight excluding hydrogens is 362 g/mol. The van der Waals surface area contributed by atoms with Gasteiger partial charge in [-0.2, -0.15) is 4.68 Å². The minimum absolute atomic E-state index is 0.0141. The molecule has 1 unspecified atom stereocenters. The Balaban J connectivity index is 1.67. The molecule has 0 aliphatic rings. The Morgan fingerprint density at radius 1 is 1.07 bits per heavy atom. The van der Waals surface area contributed by atoms with E-state index in [1.54, 1.807) is 35.9 Å². The van der Waals surface area contributed by atoms with Gasteiger partial charge >= 0.3 is 0 Å². The third-order valence-corrected chi connectivity index (χ3v) is 4.96. The van der Waals surface area contributed by atoms with Gasteiger partial charge in [-0.15, -0.1) is 5.10 Å². The van der Waals surface area contributed by atoms with Crippen LogP contribution in [0.2, 0.25) is 0 Å². The van der Waals surface area contributed by atoms with Crippen LogP contribution in [0.4, 0.5) is 5.69 Å². The van der Waals surface area contributed by atoms with Crippen molar-refractivity contribution in [2.24, 2.45) is 0 Å². The Morgan fingerprint density at radius 3 is 2.37 bits per heavy atom. The van der Waals surface area contributed by atoms with E-state index < -0.39 is 5.25 Å². The summed E-state index contributed by atoms with van der Waals surface area (Å²) in [4.78, 5) is 23.8. The largest absolute Gasteiger partial charge is 0.325 e. The molecule has 0 saturated heterocycles. The molecule has 7 nitrogen and oxygen atoms in total. The van der Waals surface area contributed by atoms with E-state index in [2.05, 4.69) is 20.8 Å². The molecule has 1 aromatic heterocycles. The molecule has 8 heteroatoms. The van der Waals surface area contributed by atoms with Crippen molar-refractivity contribution in [1.82, 2.24) is 20.2 Å². The molecule has 1 N–H and O–H groups in total. The van der Waals surface area contributed by atoms with Crippen molar-refractivity contribution in [3.63, 3.8) is 0 Å². The SMILES string of the molecule is CC(=O)c1ccc(NC(=O)C(C)Sc2nnnn2-c2ccc(C)cc2)cc1. The maximum atomic E-state index is 12.5. The van der Waals surface area contributed by atoms with Crippen LogP contribution in [0.15, 0.2) is 53.7 Å². The van der Waals surface area contributed by atoms with Gasteiger partial charge < -0.3 is 5.32 Å². The lowest BCUT2D eigenvalue weighted by atomic mass is 10.1. The van der Waals surface area contributed by atoms with Gasteiger partial charge in [0.15, 0.2) is 5.78 Å². The molecular formula is C19H19N5O2S. The highest BCUT2D eigenvalue weighted by atomic mass is 32.2. The first-order chi connectivity index (χ1) is 12.9. The second kappa shape index (κ2) is 8.13. The number of nitrogens with zero attached hydrogens (tertiary/aromatic N) is 4. The molecule has 3 aromatic rings. The number of carbonyl (C=O) groups excluding carboxylic acids is 2. The van der Waals surface area contributed by atoms with E-state index in [0.29, 0.717) is 16.4 Å². The van der Waals surface area contributed by atoms with Crippen molar-refractivity contribution in [2.45, 2.75) is 31.2 Å². The van der Waals surface area contributed by atoms with Crippen LogP contribution in [-0.2, 0) is 4.79 Å². The van der Waals surface area contributed by atoms with Gasteiger partial charge in [-0.25, -0.2) is 0 Å². The minimum atomic E-state index is -0.410. The van der Waals surface area contributed by atoms with Gasteiger partial charge in [0.25, 0.3) is 0 Å². The van der Waals surface area contributed by atoms with Crippen LogP contribution in [0.1, 0.15) is 29.8 Å². The molecule has 0 spiro atoms. The normalized spacial score (nSPS) is 11.8. The van der Waals surface area contributed by atoms with E-state index in [0.717, 1.165) is 11.3 Å². The average Bonchev–Trinajstić information content (AvgIpc) is 3.10. The zero-order chi connectivity index (χ0) is 19.4. The Labute approximate surface area is 161 Å². The van der Waals surface area contributed by atoms with Crippen molar-refractivity contribution < 1.29 is 9.59 Å². The number of carbonyl (C=O) groups is 2. The lowest BCUT2D eigenvalue weighted by molar-refractivity contribution is -0.115. The van der Waals surface area contributed by atoms with E-state index in [1.807, 2.05) is 31.2 Å². The number of ketones is 1. The molecule has 1 heterocycles. The zero-order valence-electron chi connectivity index (χ0n) is 15.2. The highest BCUT2D eigenvalue weighted by Crippen LogP contribution is 2.24. The van der Waals surface area contributed by atoms with Crippen LogP contribution in [0.3, 0.4) is 0 Å². The summed E-state index contributed by atoms with van der Waals surface area (Å²) in [7, 11) is 0. The van der Waals surface area contributed by atoms with Crippen molar-refractivity contribution in [1.29, 1.82) is 0 Å². The van der Waals surface area contributed by atoms with E-state index in [-0.39, 0.29) is 11.7 Å². The topological polar surface area (TPSA) is 89.8 Å². The molecule has 1 amide bonds. The molecule has 0 saturated carbocycles. The minimum Gasteiger partial charge on any atom is -0.325 e. The molecule has 138 valence electrons. The van der Waals surface area contributed by atoms with Crippen LogP contribution < -0.4 is 5.32 Å². The molecule has 0 radical (unpaired) electrons. The van der Waals surface area contributed by atoms with Gasteiger partial charge in [0, 0.05) is 11.3 Å². The van der Waals surface area contributed by atoms with Crippen LogP contribution in [0.5, 0.6) is 0 Å².